The van der Waals surface area contributed by atoms with Crippen LogP contribution >= 0.6 is 0 Å². The number of nitrogens with zero attached hydrogens (tertiary/aromatic N) is 2. The average molecular weight is 465 g/mol. The minimum absolute atomic E-state index is 0.00575. The number of benzene rings is 2. The van der Waals surface area contributed by atoms with Crippen molar-refractivity contribution in [3.05, 3.63) is 54.1 Å². The molecular formula is C27H32N2O5. The molecule has 3 aliphatic rings. The number of methoxy groups -OCH3 is 1. The average Bonchev–Trinajstić information content (AvgIpc) is 3.16. The Morgan fingerprint density at radius 3 is 2.35 bits per heavy atom. The van der Waals surface area contributed by atoms with Crippen molar-refractivity contribution in [3.63, 3.8) is 0 Å². The van der Waals surface area contributed by atoms with E-state index >= 15 is 0 Å². The molecule has 2 heterocycles. The van der Waals surface area contributed by atoms with Gasteiger partial charge in [0.1, 0.15) is 24.9 Å². The summed E-state index contributed by atoms with van der Waals surface area (Å²) in [6.45, 7) is 0.741. The summed E-state index contributed by atoms with van der Waals surface area (Å²) < 4.78 is 17.3. The Kier molecular flexibility index (Phi) is 6.61. The van der Waals surface area contributed by atoms with Gasteiger partial charge in [-0.2, -0.15) is 0 Å². The number of ether oxygens (including phenoxy) is 3. The Balaban J connectivity index is 1.42. The van der Waals surface area contributed by atoms with Crippen LogP contribution < -0.4 is 14.2 Å². The van der Waals surface area contributed by atoms with Gasteiger partial charge in [-0.15, -0.1) is 0 Å². The van der Waals surface area contributed by atoms with E-state index in [2.05, 4.69) is 0 Å². The zero-order chi connectivity index (χ0) is 23.5. The third kappa shape index (κ3) is 4.56. The standard InChI is InChI=1S/C27H32N2O5/c1-32-21-14-12-19(13-15-21)26-27(31)28(20-8-4-2-3-5-9-20)17-25(30)29(26)16-22-18-33-23-10-6-7-11-24(23)34-22/h6-7,10-15,20,22,26H,2-5,8-9,16-18H2,1H3. The third-order valence-corrected chi connectivity index (χ3v) is 7.12. The van der Waals surface area contributed by atoms with Crippen LogP contribution in [0.4, 0.5) is 0 Å². The van der Waals surface area contributed by atoms with Gasteiger partial charge in [-0.25, -0.2) is 0 Å². The largest absolute Gasteiger partial charge is 0.497 e. The van der Waals surface area contributed by atoms with Crippen LogP contribution in [0.15, 0.2) is 48.5 Å². The number of rotatable bonds is 5. The molecule has 0 spiro atoms. The van der Waals surface area contributed by atoms with Gasteiger partial charge in [-0.05, 0) is 42.7 Å². The summed E-state index contributed by atoms with van der Waals surface area (Å²) in [7, 11) is 1.61. The first-order chi connectivity index (χ1) is 16.6. The van der Waals surface area contributed by atoms with Gasteiger partial charge in [-0.3, -0.25) is 9.59 Å². The van der Waals surface area contributed by atoms with Crippen LogP contribution in [0.2, 0.25) is 0 Å². The van der Waals surface area contributed by atoms with E-state index in [4.69, 9.17) is 14.2 Å². The molecule has 0 aromatic heterocycles. The molecule has 0 N–H and O–H groups in total. The van der Waals surface area contributed by atoms with Crippen molar-refractivity contribution in [2.45, 2.75) is 56.7 Å². The maximum atomic E-state index is 13.9. The van der Waals surface area contributed by atoms with Crippen molar-refractivity contribution >= 4 is 11.8 Å². The number of carbonyl (C=O) groups is 2. The van der Waals surface area contributed by atoms with Crippen molar-refractivity contribution in [1.29, 1.82) is 0 Å². The van der Waals surface area contributed by atoms with Gasteiger partial charge >= 0.3 is 0 Å². The molecule has 2 aromatic rings. The van der Waals surface area contributed by atoms with Crippen molar-refractivity contribution in [2.75, 3.05) is 26.8 Å². The molecule has 34 heavy (non-hydrogen) atoms. The number of carbonyl (C=O) groups excluding carboxylic acids is 2. The Labute approximate surface area is 200 Å². The first-order valence-corrected chi connectivity index (χ1v) is 12.3. The molecule has 1 saturated heterocycles. The summed E-state index contributed by atoms with van der Waals surface area (Å²) in [5, 5.41) is 0. The fourth-order valence-electron chi connectivity index (χ4n) is 5.32. The first-order valence-electron chi connectivity index (χ1n) is 12.3. The van der Waals surface area contributed by atoms with Crippen LogP contribution in [0, 0.1) is 0 Å². The van der Waals surface area contributed by atoms with Gasteiger partial charge < -0.3 is 24.0 Å². The Morgan fingerprint density at radius 2 is 1.65 bits per heavy atom. The fourth-order valence-corrected chi connectivity index (χ4v) is 5.32. The lowest BCUT2D eigenvalue weighted by atomic mass is 9.97. The quantitative estimate of drug-likeness (QED) is 0.627. The summed E-state index contributed by atoms with van der Waals surface area (Å²) in [4.78, 5) is 31.0. The fraction of sp³-hybridized carbons (Fsp3) is 0.481. The van der Waals surface area contributed by atoms with Crippen LogP contribution in [-0.2, 0) is 9.59 Å². The number of piperazine rings is 1. The monoisotopic (exact) mass is 464 g/mol. The molecule has 5 rings (SSSR count). The zero-order valence-corrected chi connectivity index (χ0v) is 19.7. The summed E-state index contributed by atoms with van der Waals surface area (Å²) >= 11 is 0. The molecule has 2 aliphatic heterocycles. The SMILES string of the molecule is COc1ccc(C2C(=O)N(C3CCCCCC3)CC(=O)N2CC2COc3ccccc3O2)cc1. The highest BCUT2D eigenvalue weighted by Gasteiger charge is 2.44. The second-order valence-corrected chi connectivity index (χ2v) is 9.33. The summed E-state index contributed by atoms with van der Waals surface area (Å²) in [6.07, 6.45) is 6.17. The molecule has 7 nitrogen and oxygen atoms in total. The number of hydrogen-bond acceptors (Lipinski definition) is 5. The van der Waals surface area contributed by atoms with Gasteiger partial charge in [0.2, 0.25) is 5.91 Å². The number of amides is 2. The second-order valence-electron chi connectivity index (χ2n) is 9.33. The molecule has 7 heteroatoms. The Hall–Kier alpha value is -3.22. The van der Waals surface area contributed by atoms with Crippen molar-refractivity contribution in [3.8, 4) is 17.2 Å². The first kappa shape index (κ1) is 22.6. The minimum Gasteiger partial charge on any atom is -0.497 e. The normalized spacial score (nSPS) is 23.6. The second kappa shape index (κ2) is 9.95. The maximum absolute atomic E-state index is 13.9. The molecule has 2 amide bonds. The smallest absolute Gasteiger partial charge is 0.250 e. The molecule has 2 unspecified atom stereocenters. The molecule has 1 saturated carbocycles. The van der Waals surface area contributed by atoms with Crippen LogP contribution in [-0.4, -0.2) is 60.6 Å². The highest BCUT2D eigenvalue weighted by Crippen LogP contribution is 2.35. The van der Waals surface area contributed by atoms with E-state index in [1.165, 1.54) is 12.8 Å². The van der Waals surface area contributed by atoms with Crippen LogP contribution in [0.3, 0.4) is 0 Å². The summed E-state index contributed by atoms with van der Waals surface area (Å²) in [5.41, 5.74) is 0.787. The maximum Gasteiger partial charge on any atom is 0.250 e. The predicted molar refractivity (Wildman–Crippen MR) is 127 cm³/mol. The summed E-state index contributed by atoms with van der Waals surface area (Å²) in [6, 6.07) is 14.4. The third-order valence-electron chi connectivity index (χ3n) is 7.12. The van der Waals surface area contributed by atoms with E-state index in [0.717, 1.165) is 31.2 Å². The molecule has 2 atom stereocenters. The topological polar surface area (TPSA) is 68.3 Å². The van der Waals surface area contributed by atoms with Crippen LogP contribution in [0.5, 0.6) is 17.2 Å². The van der Waals surface area contributed by atoms with E-state index in [1.807, 2.05) is 53.4 Å². The number of fused-ring (bicyclic) bond motifs is 1. The number of para-hydroxylation sites is 2. The molecule has 0 bridgehead atoms. The van der Waals surface area contributed by atoms with Crippen molar-refractivity contribution in [1.82, 2.24) is 9.80 Å². The Morgan fingerprint density at radius 1 is 0.941 bits per heavy atom. The number of hydrogen-bond donors (Lipinski definition) is 0. The van der Waals surface area contributed by atoms with Gasteiger partial charge in [0.25, 0.3) is 5.91 Å². The molecule has 180 valence electrons. The lowest BCUT2D eigenvalue weighted by Gasteiger charge is -2.44. The zero-order valence-electron chi connectivity index (χ0n) is 19.7. The highest BCUT2D eigenvalue weighted by atomic mass is 16.6. The molecular weight excluding hydrogens is 432 g/mol. The van der Waals surface area contributed by atoms with E-state index < -0.39 is 6.04 Å². The van der Waals surface area contributed by atoms with Crippen LogP contribution in [0.1, 0.15) is 50.1 Å². The van der Waals surface area contributed by atoms with Gasteiger partial charge in [0.05, 0.1) is 13.7 Å². The van der Waals surface area contributed by atoms with E-state index in [9.17, 15) is 9.59 Å². The summed E-state index contributed by atoms with van der Waals surface area (Å²) in [5.74, 6) is 2.02. The van der Waals surface area contributed by atoms with Gasteiger partial charge in [0.15, 0.2) is 17.6 Å². The molecule has 2 fully saturated rings. The molecule has 1 aliphatic carbocycles. The van der Waals surface area contributed by atoms with E-state index in [1.54, 1.807) is 12.0 Å². The Bertz CT molecular complexity index is 1020. The van der Waals surface area contributed by atoms with Gasteiger partial charge in [0, 0.05) is 6.04 Å². The predicted octanol–water partition coefficient (Wildman–Crippen LogP) is 3.97. The van der Waals surface area contributed by atoms with Crippen molar-refractivity contribution < 1.29 is 23.8 Å². The van der Waals surface area contributed by atoms with Crippen LogP contribution in [0.25, 0.3) is 0 Å². The van der Waals surface area contributed by atoms with Crippen molar-refractivity contribution in [2.24, 2.45) is 0 Å². The molecule has 0 radical (unpaired) electrons. The highest BCUT2D eigenvalue weighted by molar-refractivity contribution is 5.95. The minimum atomic E-state index is -0.684. The molecule has 2 aromatic carbocycles. The van der Waals surface area contributed by atoms with E-state index in [0.29, 0.717) is 23.9 Å². The lowest BCUT2D eigenvalue weighted by molar-refractivity contribution is -0.160. The lowest BCUT2D eigenvalue weighted by Crippen LogP contribution is -2.60. The van der Waals surface area contributed by atoms with Gasteiger partial charge in [-0.1, -0.05) is 49.9 Å². The van der Waals surface area contributed by atoms with E-state index in [-0.39, 0.29) is 37.0 Å².